The number of carbonyl (C=O) groups is 2. The van der Waals surface area contributed by atoms with Crippen LogP contribution >= 0.6 is 23.2 Å². The van der Waals surface area contributed by atoms with Crippen molar-refractivity contribution in [1.29, 1.82) is 0 Å². The Balaban J connectivity index is 1.69. The van der Waals surface area contributed by atoms with E-state index in [1.54, 1.807) is 23.1 Å². The zero-order valence-electron chi connectivity index (χ0n) is 21.3. The number of nitrogens with zero attached hydrogens (tertiary/aromatic N) is 1. The van der Waals surface area contributed by atoms with Crippen molar-refractivity contribution in [2.75, 3.05) is 0 Å². The third kappa shape index (κ3) is 7.37. The van der Waals surface area contributed by atoms with Gasteiger partial charge in [-0.05, 0) is 54.2 Å². The highest BCUT2D eigenvalue weighted by Gasteiger charge is 2.32. The lowest BCUT2D eigenvalue weighted by Gasteiger charge is -2.34. The van der Waals surface area contributed by atoms with Crippen molar-refractivity contribution < 1.29 is 9.59 Å². The first-order chi connectivity index (χ1) is 17.9. The Morgan fingerprint density at radius 2 is 1.54 bits per heavy atom. The first-order valence-electron chi connectivity index (χ1n) is 13.0. The number of nitrogens with one attached hydrogen (secondary N) is 1. The molecule has 3 aromatic rings. The topological polar surface area (TPSA) is 49.4 Å². The van der Waals surface area contributed by atoms with Gasteiger partial charge >= 0.3 is 0 Å². The van der Waals surface area contributed by atoms with E-state index in [2.05, 4.69) is 5.32 Å². The maximum Gasteiger partial charge on any atom is 0.243 e. The number of hydrogen-bond donors (Lipinski definition) is 1. The van der Waals surface area contributed by atoms with Crippen molar-refractivity contribution in [1.82, 2.24) is 10.2 Å². The number of amides is 2. The molecule has 0 aliphatic heterocycles. The van der Waals surface area contributed by atoms with Gasteiger partial charge in [-0.2, -0.15) is 0 Å². The number of carbonyl (C=O) groups excluding carboxylic acids is 2. The van der Waals surface area contributed by atoms with Gasteiger partial charge in [0.25, 0.3) is 0 Å². The van der Waals surface area contributed by atoms with Crippen molar-refractivity contribution in [3.8, 4) is 0 Å². The number of halogens is 2. The number of hydrogen-bond acceptors (Lipinski definition) is 2. The fraction of sp³-hybridized carbons (Fsp3) is 0.355. The molecule has 2 amide bonds. The zero-order chi connectivity index (χ0) is 26.2. The van der Waals surface area contributed by atoms with Gasteiger partial charge in [-0.3, -0.25) is 9.59 Å². The van der Waals surface area contributed by atoms with Gasteiger partial charge in [0.15, 0.2) is 0 Å². The summed E-state index contributed by atoms with van der Waals surface area (Å²) >= 11 is 12.9. The number of rotatable bonds is 9. The summed E-state index contributed by atoms with van der Waals surface area (Å²) in [6.45, 7) is 2.35. The molecule has 0 unspecified atom stereocenters. The molecule has 0 heterocycles. The van der Waals surface area contributed by atoms with Crippen LogP contribution in [0.5, 0.6) is 0 Å². The lowest BCUT2D eigenvalue weighted by Crippen LogP contribution is -2.53. The lowest BCUT2D eigenvalue weighted by atomic mass is 9.94. The molecule has 0 radical (unpaired) electrons. The van der Waals surface area contributed by atoms with Gasteiger partial charge in [-0.15, -0.1) is 0 Å². The molecule has 1 aliphatic rings. The van der Waals surface area contributed by atoms with E-state index < -0.39 is 6.04 Å². The van der Waals surface area contributed by atoms with Gasteiger partial charge in [0.2, 0.25) is 11.8 Å². The standard InChI is InChI=1S/C31H34Cl2N2O2/c1-22-11-8-9-14-24(22)21-35(30(36)20-26-27(32)17-10-18-28(26)33)29(19-23-12-4-2-5-13-23)31(37)34-25-15-6-3-7-16-25/h2,4-5,8-14,17-18,25,29H,3,6-7,15-16,19-21H2,1H3,(H,34,37)/t29-/m1/s1. The number of aryl methyl sites for hydroxylation is 1. The maximum atomic E-state index is 14.0. The predicted molar refractivity (Wildman–Crippen MR) is 151 cm³/mol. The fourth-order valence-corrected chi connectivity index (χ4v) is 5.55. The highest BCUT2D eigenvalue weighted by Crippen LogP contribution is 2.27. The van der Waals surface area contributed by atoms with Crippen LogP contribution in [0.3, 0.4) is 0 Å². The van der Waals surface area contributed by atoms with E-state index in [9.17, 15) is 9.59 Å². The molecule has 0 saturated heterocycles. The molecule has 0 bridgehead atoms. The van der Waals surface area contributed by atoms with Crippen LogP contribution in [0.1, 0.15) is 54.4 Å². The average Bonchev–Trinajstić information content (AvgIpc) is 2.90. The van der Waals surface area contributed by atoms with E-state index in [-0.39, 0.29) is 24.3 Å². The van der Waals surface area contributed by atoms with Crippen molar-refractivity contribution in [2.24, 2.45) is 0 Å². The molecule has 3 aromatic carbocycles. The molecule has 194 valence electrons. The second-order valence-electron chi connectivity index (χ2n) is 9.87. The Hall–Kier alpha value is -2.82. The largest absolute Gasteiger partial charge is 0.352 e. The minimum absolute atomic E-state index is 0.0202. The SMILES string of the molecule is Cc1ccccc1CN(C(=O)Cc1c(Cl)cccc1Cl)[C@H](Cc1ccccc1)C(=O)NC1CCCCC1. The third-order valence-electron chi connectivity index (χ3n) is 7.21. The molecule has 1 atom stereocenters. The molecule has 6 heteroatoms. The molecule has 0 aromatic heterocycles. The van der Waals surface area contributed by atoms with Gasteiger partial charge in [0, 0.05) is 29.1 Å². The van der Waals surface area contributed by atoms with E-state index in [1.165, 1.54) is 6.42 Å². The summed E-state index contributed by atoms with van der Waals surface area (Å²) in [5, 5.41) is 4.17. The van der Waals surface area contributed by atoms with Crippen molar-refractivity contribution in [2.45, 2.75) is 70.5 Å². The van der Waals surface area contributed by atoms with E-state index in [4.69, 9.17) is 23.2 Å². The molecule has 1 saturated carbocycles. The Morgan fingerprint density at radius 3 is 2.22 bits per heavy atom. The van der Waals surface area contributed by atoms with Crippen molar-refractivity contribution in [3.05, 3.63) is 105 Å². The summed E-state index contributed by atoms with van der Waals surface area (Å²) in [6.07, 6.45) is 5.84. The van der Waals surface area contributed by atoms with Crippen LogP contribution in [0.15, 0.2) is 72.8 Å². The van der Waals surface area contributed by atoms with Crippen LogP contribution in [0.2, 0.25) is 10.0 Å². The average molecular weight is 538 g/mol. The van der Waals surface area contributed by atoms with Gasteiger partial charge in [0.1, 0.15) is 6.04 Å². The zero-order valence-corrected chi connectivity index (χ0v) is 22.8. The molecular formula is C31H34Cl2N2O2. The summed E-state index contributed by atoms with van der Waals surface area (Å²) in [6, 6.07) is 22.6. The Labute approximate surface area is 230 Å². The monoisotopic (exact) mass is 536 g/mol. The highest BCUT2D eigenvalue weighted by atomic mass is 35.5. The predicted octanol–water partition coefficient (Wildman–Crippen LogP) is 6.93. The van der Waals surface area contributed by atoms with Gasteiger partial charge in [-0.25, -0.2) is 0 Å². The highest BCUT2D eigenvalue weighted by molar-refractivity contribution is 6.36. The molecule has 4 nitrogen and oxygen atoms in total. The van der Waals surface area contributed by atoms with Gasteiger partial charge in [0.05, 0.1) is 6.42 Å². The Bertz CT molecular complexity index is 1190. The van der Waals surface area contributed by atoms with E-state index in [0.29, 0.717) is 28.6 Å². The first-order valence-corrected chi connectivity index (χ1v) is 13.8. The van der Waals surface area contributed by atoms with Crippen LogP contribution < -0.4 is 5.32 Å². The Morgan fingerprint density at radius 1 is 0.892 bits per heavy atom. The second kappa shape index (κ2) is 13.1. The van der Waals surface area contributed by atoms with E-state index in [0.717, 1.165) is 42.4 Å². The van der Waals surface area contributed by atoms with Crippen LogP contribution in [0, 0.1) is 6.92 Å². The van der Waals surface area contributed by atoms with Crippen molar-refractivity contribution in [3.63, 3.8) is 0 Å². The summed E-state index contributed by atoms with van der Waals surface area (Å²) in [4.78, 5) is 29.6. The van der Waals surface area contributed by atoms with Crippen LogP contribution in [0.25, 0.3) is 0 Å². The molecular weight excluding hydrogens is 503 g/mol. The van der Waals surface area contributed by atoms with E-state index in [1.807, 2.05) is 61.5 Å². The third-order valence-corrected chi connectivity index (χ3v) is 7.92. The summed E-state index contributed by atoms with van der Waals surface area (Å²) in [7, 11) is 0. The molecule has 0 spiro atoms. The van der Waals surface area contributed by atoms with Gasteiger partial charge in [-0.1, -0.05) is 103 Å². The van der Waals surface area contributed by atoms with Crippen molar-refractivity contribution >= 4 is 35.0 Å². The molecule has 1 aliphatic carbocycles. The van der Waals surface area contributed by atoms with Crippen LogP contribution in [-0.2, 0) is 29.0 Å². The minimum Gasteiger partial charge on any atom is -0.352 e. The first kappa shape index (κ1) is 27.2. The van der Waals surface area contributed by atoms with Gasteiger partial charge < -0.3 is 10.2 Å². The quantitative estimate of drug-likeness (QED) is 0.322. The summed E-state index contributed by atoms with van der Waals surface area (Å²) < 4.78 is 0. The van der Waals surface area contributed by atoms with Crippen LogP contribution in [-0.4, -0.2) is 28.8 Å². The second-order valence-corrected chi connectivity index (χ2v) is 10.7. The summed E-state index contributed by atoms with van der Waals surface area (Å²) in [5.41, 5.74) is 3.66. The van der Waals surface area contributed by atoms with Crippen LogP contribution in [0.4, 0.5) is 0 Å². The molecule has 1 fully saturated rings. The van der Waals surface area contributed by atoms with E-state index >= 15 is 0 Å². The normalized spacial score (nSPS) is 14.7. The maximum absolute atomic E-state index is 14.0. The molecule has 4 rings (SSSR count). The Kier molecular flexibility index (Phi) is 9.65. The lowest BCUT2D eigenvalue weighted by molar-refractivity contribution is -0.141. The summed E-state index contributed by atoms with van der Waals surface area (Å²) in [5.74, 6) is -0.291. The minimum atomic E-state index is -0.669. The fourth-order valence-electron chi connectivity index (χ4n) is 5.02. The molecule has 1 N–H and O–H groups in total. The smallest absolute Gasteiger partial charge is 0.243 e. The molecule has 37 heavy (non-hydrogen) atoms. The number of benzene rings is 3.